The van der Waals surface area contributed by atoms with Gasteiger partial charge in [0.05, 0.1) is 6.54 Å². The van der Waals surface area contributed by atoms with Crippen molar-refractivity contribution in [2.75, 3.05) is 19.6 Å². The second-order valence-corrected chi connectivity index (χ2v) is 7.28. The third-order valence-electron chi connectivity index (χ3n) is 4.35. The first-order chi connectivity index (χ1) is 11.5. The molecule has 1 aliphatic rings. The number of rotatable bonds is 5. The topological polar surface area (TPSA) is 70.7 Å². The van der Waals surface area contributed by atoms with Gasteiger partial charge in [-0.3, -0.25) is 4.79 Å². The molecule has 1 fully saturated rings. The maximum Gasteiger partial charge on any atom is 0.217 e. The summed E-state index contributed by atoms with van der Waals surface area (Å²) in [6.07, 6.45) is 2.59. The molecule has 0 bridgehead atoms. The van der Waals surface area contributed by atoms with Gasteiger partial charge >= 0.3 is 0 Å². The minimum absolute atomic E-state index is 0.214. The van der Waals surface area contributed by atoms with Gasteiger partial charge in [0.25, 0.3) is 0 Å². The normalized spacial score (nSPS) is 18.5. The van der Waals surface area contributed by atoms with E-state index in [2.05, 4.69) is 58.2 Å². The van der Waals surface area contributed by atoms with Crippen LogP contribution in [-0.4, -0.2) is 36.4 Å². The first kappa shape index (κ1) is 18.8. The Bertz CT molecular complexity index is 603. The first-order valence-corrected chi connectivity index (χ1v) is 9.35. The second-order valence-electron chi connectivity index (χ2n) is 6.37. The van der Waals surface area contributed by atoms with Gasteiger partial charge in [-0.1, -0.05) is 22.0 Å². The van der Waals surface area contributed by atoms with Crippen molar-refractivity contribution in [1.29, 1.82) is 0 Å². The lowest BCUT2D eigenvalue weighted by Crippen LogP contribution is -2.47. The number of halogens is 1. The van der Waals surface area contributed by atoms with Gasteiger partial charge in [0.15, 0.2) is 5.96 Å². The molecule has 3 N–H and O–H groups in total. The Morgan fingerprint density at radius 1 is 1.50 bits per heavy atom. The molecule has 1 saturated heterocycles. The number of nitrogens with one attached hydrogen (secondary N) is 1. The number of hydrogen-bond acceptors (Lipinski definition) is 2. The number of nitrogens with zero attached hydrogens (tertiary/aromatic N) is 2. The molecule has 1 atom stereocenters. The van der Waals surface area contributed by atoms with Gasteiger partial charge < -0.3 is 16.0 Å². The Hall–Kier alpha value is -1.56. The number of hydrogen-bond donors (Lipinski definition) is 2. The van der Waals surface area contributed by atoms with Crippen LogP contribution in [0.2, 0.25) is 0 Å². The summed E-state index contributed by atoms with van der Waals surface area (Å²) < 4.78 is 1.09. The van der Waals surface area contributed by atoms with Crippen molar-refractivity contribution in [3.8, 4) is 0 Å². The van der Waals surface area contributed by atoms with Crippen LogP contribution in [0.5, 0.6) is 0 Å². The maximum absolute atomic E-state index is 11.2. The Kier molecular flexibility index (Phi) is 7.09. The number of benzene rings is 1. The number of carbonyl (C=O) groups excluding carboxylic acids is 1. The first-order valence-electron chi connectivity index (χ1n) is 8.56. The summed E-state index contributed by atoms with van der Waals surface area (Å²) in [7, 11) is 0. The van der Waals surface area contributed by atoms with E-state index in [0.29, 0.717) is 18.9 Å². The fourth-order valence-corrected chi connectivity index (χ4v) is 3.61. The number of amides is 1. The molecule has 5 nitrogen and oxygen atoms in total. The zero-order chi connectivity index (χ0) is 17.5. The number of likely N-dealkylation sites (tertiary alicyclic amines) is 1. The highest BCUT2D eigenvalue weighted by Gasteiger charge is 2.23. The summed E-state index contributed by atoms with van der Waals surface area (Å²) in [4.78, 5) is 18.3. The van der Waals surface area contributed by atoms with Gasteiger partial charge in [0.2, 0.25) is 5.91 Å². The van der Waals surface area contributed by atoms with E-state index in [1.165, 1.54) is 11.1 Å². The molecule has 0 aliphatic carbocycles. The smallest absolute Gasteiger partial charge is 0.217 e. The molecule has 1 aromatic carbocycles. The van der Waals surface area contributed by atoms with Crippen LogP contribution in [0.25, 0.3) is 0 Å². The second kappa shape index (κ2) is 9.06. The number of piperidine rings is 1. The number of primary amides is 1. The average Bonchev–Trinajstić information content (AvgIpc) is 2.52. The Morgan fingerprint density at radius 2 is 2.29 bits per heavy atom. The van der Waals surface area contributed by atoms with Gasteiger partial charge in [-0.25, -0.2) is 4.99 Å². The van der Waals surface area contributed by atoms with Crippen LogP contribution in [0, 0.1) is 12.8 Å². The Morgan fingerprint density at radius 3 is 2.96 bits per heavy atom. The summed E-state index contributed by atoms with van der Waals surface area (Å²) in [5.41, 5.74) is 7.81. The predicted molar refractivity (Wildman–Crippen MR) is 102 cm³/mol. The predicted octanol–water partition coefficient (Wildman–Crippen LogP) is 2.81. The molecule has 24 heavy (non-hydrogen) atoms. The van der Waals surface area contributed by atoms with E-state index < -0.39 is 0 Å². The fraction of sp³-hybridized carbons (Fsp3) is 0.556. The molecule has 1 unspecified atom stereocenters. The molecule has 1 heterocycles. The van der Waals surface area contributed by atoms with E-state index in [4.69, 9.17) is 10.7 Å². The molecule has 0 spiro atoms. The fourth-order valence-electron chi connectivity index (χ4n) is 3.13. The molecule has 1 aliphatic heterocycles. The molecule has 6 heteroatoms. The Balaban J connectivity index is 2.08. The third kappa shape index (κ3) is 5.51. The van der Waals surface area contributed by atoms with Crippen LogP contribution < -0.4 is 11.1 Å². The largest absolute Gasteiger partial charge is 0.370 e. The molecular weight excluding hydrogens is 368 g/mol. The quantitative estimate of drug-likeness (QED) is 0.595. The van der Waals surface area contributed by atoms with Gasteiger partial charge in [0.1, 0.15) is 0 Å². The molecule has 1 amide bonds. The molecule has 0 radical (unpaired) electrons. The molecule has 2 rings (SSSR count). The van der Waals surface area contributed by atoms with Crippen molar-refractivity contribution < 1.29 is 4.79 Å². The lowest BCUT2D eigenvalue weighted by Gasteiger charge is -2.34. The van der Waals surface area contributed by atoms with E-state index in [-0.39, 0.29) is 5.91 Å². The summed E-state index contributed by atoms with van der Waals surface area (Å²) in [5.74, 6) is 1.04. The van der Waals surface area contributed by atoms with E-state index >= 15 is 0 Å². The number of aliphatic imine (C=N–C) groups is 1. The molecular formula is C18H27BrN4O. The van der Waals surface area contributed by atoms with Crippen molar-refractivity contribution in [2.24, 2.45) is 16.6 Å². The van der Waals surface area contributed by atoms with Gasteiger partial charge in [-0.2, -0.15) is 0 Å². The summed E-state index contributed by atoms with van der Waals surface area (Å²) in [6, 6.07) is 6.27. The van der Waals surface area contributed by atoms with Crippen LogP contribution in [0.4, 0.5) is 0 Å². The van der Waals surface area contributed by atoms with Gasteiger partial charge in [0, 0.05) is 30.5 Å². The van der Waals surface area contributed by atoms with Gasteiger partial charge in [-0.05, 0) is 55.9 Å². The van der Waals surface area contributed by atoms with Crippen LogP contribution >= 0.6 is 15.9 Å². The van der Waals surface area contributed by atoms with Crippen molar-refractivity contribution in [1.82, 2.24) is 10.2 Å². The zero-order valence-electron chi connectivity index (χ0n) is 14.5. The van der Waals surface area contributed by atoms with Crippen LogP contribution in [0.3, 0.4) is 0 Å². The molecule has 0 aromatic heterocycles. The van der Waals surface area contributed by atoms with Crippen molar-refractivity contribution in [3.05, 3.63) is 33.8 Å². The number of guanidine groups is 1. The number of carbonyl (C=O) groups is 1. The van der Waals surface area contributed by atoms with Crippen molar-refractivity contribution in [2.45, 2.75) is 39.7 Å². The molecule has 1 aromatic rings. The highest BCUT2D eigenvalue weighted by molar-refractivity contribution is 9.10. The van der Waals surface area contributed by atoms with Gasteiger partial charge in [-0.15, -0.1) is 0 Å². The SMILES string of the molecule is CCNC(=NCc1ccc(Br)cc1C)N1CCCC(CC(N)=O)C1. The van der Waals surface area contributed by atoms with Crippen LogP contribution in [-0.2, 0) is 11.3 Å². The van der Waals surface area contributed by atoms with E-state index in [9.17, 15) is 4.79 Å². The van der Waals surface area contributed by atoms with E-state index in [0.717, 1.165) is 42.9 Å². The van der Waals surface area contributed by atoms with Crippen molar-refractivity contribution in [3.63, 3.8) is 0 Å². The third-order valence-corrected chi connectivity index (χ3v) is 4.84. The average molecular weight is 395 g/mol. The molecule has 0 saturated carbocycles. The van der Waals surface area contributed by atoms with Crippen LogP contribution in [0.15, 0.2) is 27.7 Å². The minimum Gasteiger partial charge on any atom is -0.370 e. The summed E-state index contributed by atoms with van der Waals surface area (Å²) >= 11 is 3.50. The van der Waals surface area contributed by atoms with E-state index in [1.54, 1.807) is 0 Å². The summed E-state index contributed by atoms with van der Waals surface area (Å²) in [6.45, 7) is 7.47. The lowest BCUT2D eigenvalue weighted by atomic mass is 9.95. The van der Waals surface area contributed by atoms with Crippen LogP contribution in [0.1, 0.15) is 37.3 Å². The highest BCUT2D eigenvalue weighted by atomic mass is 79.9. The highest BCUT2D eigenvalue weighted by Crippen LogP contribution is 2.20. The minimum atomic E-state index is -0.214. The van der Waals surface area contributed by atoms with E-state index in [1.807, 2.05) is 0 Å². The summed E-state index contributed by atoms with van der Waals surface area (Å²) in [5, 5.41) is 3.38. The van der Waals surface area contributed by atoms with Crippen molar-refractivity contribution >= 4 is 27.8 Å². The molecule has 132 valence electrons. The Labute approximate surface area is 152 Å². The lowest BCUT2D eigenvalue weighted by molar-refractivity contribution is -0.119. The zero-order valence-corrected chi connectivity index (χ0v) is 16.1. The number of nitrogens with two attached hydrogens (primary N) is 1. The monoisotopic (exact) mass is 394 g/mol. The number of aryl methyl sites for hydroxylation is 1. The maximum atomic E-state index is 11.2. The standard InChI is InChI=1S/C18H27BrN4O/c1-3-21-18(22-11-15-6-7-16(19)9-13(15)2)23-8-4-5-14(12-23)10-17(20)24/h6-7,9,14H,3-5,8,10-12H2,1-2H3,(H2,20,24)(H,21,22).